The topological polar surface area (TPSA) is 146 Å². The van der Waals surface area contributed by atoms with Gasteiger partial charge in [0.2, 0.25) is 5.76 Å². The summed E-state index contributed by atoms with van der Waals surface area (Å²) in [5.41, 5.74) is 2.13. The second-order valence-corrected chi connectivity index (χ2v) is 7.91. The third-order valence-corrected chi connectivity index (χ3v) is 5.71. The molecule has 1 saturated heterocycles. The maximum Gasteiger partial charge on any atom is 0.373 e. The van der Waals surface area contributed by atoms with Crippen LogP contribution in [0.2, 0.25) is 0 Å². The van der Waals surface area contributed by atoms with Crippen LogP contribution in [0.5, 0.6) is 5.75 Å². The molecule has 186 valence electrons. The zero-order chi connectivity index (χ0) is 26.1. The van der Waals surface area contributed by atoms with Crippen LogP contribution in [-0.4, -0.2) is 46.5 Å². The van der Waals surface area contributed by atoms with Gasteiger partial charge in [0.15, 0.2) is 0 Å². The molecule has 0 atom stereocenters. The van der Waals surface area contributed by atoms with Gasteiger partial charge in [0, 0.05) is 11.4 Å². The lowest BCUT2D eigenvalue weighted by Gasteiger charge is -2.11. The number of hydrogen-bond acceptors (Lipinski definition) is 8. The zero-order valence-electron chi connectivity index (χ0n) is 19.9. The molecule has 12 heteroatoms. The van der Waals surface area contributed by atoms with Crippen molar-refractivity contribution < 1.29 is 33.2 Å². The van der Waals surface area contributed by atoms with E-state index < -0.39 is 22.8 Å². The molecule has 0 spiro atoms. The SMILES string of the molecule is COC(=O)c1ccc(CN2C(=O)N/C(=C\c3cc(C)n(-c4ccc(OC)cc4[N+](=O)[O-])c3C)C2=O)o1. The largest absolute Gasteiger partial charge is 0.496 e. The second-order valence-electron chi connectivity index (χ2n) is 7.91. The normalized spacial score (nSPS) is 14.3. The number of nitro benzene ring substituents is 1. The number of furan rings is 1. The number of imide groups is 1. The van der Waals surface area contributed by atoms with Crippen LogP contribution in [0.3, 0.4) is 0 Å². The molecule has 1 aliphatic heterocycles. The number of carbonyl (C=O) groups is 3. The number of carbonyl (C=O) groups excluding carboxylic acids is 3. The fourth-order valence-corrected chi connectivity index (χ4v) is 3.97. The van der Waals surface area contributed by atoms with Crippen molar-refractivity contribution >= 4 is 29.7 Å². The molecule has 12 nitrogen and oxygen atoms in total. The van der Waals surface area contributed by atoms with Crippen LogP contribution in [-0.2, 0) is 16.1 Å². The number of hydrogen-bond donors (Lipinski definition) is 1. The number of aryl methyl sites for hydroxylation is 1. The highest BCUT2D eigenvalue weighted by atomic mass is 16.6. The summed E-state index contributed by atoms with van der Waals surface area (Å²) in [4.78, 5) is 49.1. The summed E-state index contributed by atoms with van der Waals surface area (Å²) >= 11 is 0. The van der Waals surface area contributed by atoms with Gasteiger partial charge in [0.05, 0.1) is 31.8 Å². The predicted octanol–water partition coefficient (Wildman–Crippen LogP) is 3.48. The summed E-state index contributed by atoms with van der Waals surface area (Å²) < 4.78 is 16.7. The Morgan fingerprint density at radius 2 is 1.92 bits per heavy atom. The Hall–Kier alpha value is -4.87. The van der Waals surface area contributed by atoms with Crippen LogP contribution in [0.1, 0.15) is 33.3 Å². The van der Waals surface area contributed by atoms with Gasteiger partial charge < -0.3 is 23.8 Å². The van der Waals surface area contributed by atoms with Gasteiger partial charge in [-0.3, -0.25) is 19.8 Å². The molecular formula is C24H22N4O8. The van der Waals surface area contributed by atoms with Crippen molar-refractivity contribution in [2.75, 3.05) is 14.2 Å². The molecule has 0 radical (unpaired) electrons. The fraction of sp³-hybridized carbons (Fsp3) is 0.208. The zero-order valence-corrected chi connectivity index (χ0v) is 19.9. The molecule has 3 aromatic rings. The van der Waals surface area contributed by atoms with E-state index in [0.717, 1.165) is 4.90 Å². The Bertz CT molecular complexity index is 1430. The Kier molecular flexibility index (Phi) is 6.34. The molecule has 4 rings (SSSR count). The van der Waals surface area contributed by atoms with Crippen molar-refractivity contribution in [1.29, 1.82) is 0 Å². The highest BCUT2D eigenvalue weighted by molar-refractivity contribution is 6.14. The number of esters is 1. The van der Waals surface area contributed by atoms with E-state index in [2.05, 4.69) is 10.1 Å². The molecule has 2 aromatic heterocycles. The lowest BCUT2D eigenvalue weighted by molar-refractivity contribution is -0.384. The monoisotopic (exact) mass is 494 g/mol. The van der Waals surface area contributed by atoms with Gasteiger partial charge in [0.1, 0.15) is 22.9 Å². The van der Waals surface area contributed by atoms with E-state index in [1.54, 1.807) is 36.6 Å². The molecule has 1 aliphatic rings. The molecule has 1 fully saturated rings. The first-order valence-corrected chi connectivity index (χ1v) is 10.7. The van der Waals surface area contributed by atoms with E-state index >= 15 is 0 Å². The fourth-order valence-electron chi connectivity index (χ4n) is 3.97. The van der Waals surface area contributed by atoms with Crippen molar-refractivity contribution in [3.05, 3.63) is 80.7 Å². The van der Waals surface area contributed by atoms with E-state index in [1.165, 1.54) is 38.5 Å². The first-order valence-electron chi connectivity index (χ1n) is 10.7. The predicted molar refractivity (Wildman–Crippen MR) is 126 cm³/mol. The summed E-state index contributed by atoms with van der Waals surface area (Å²) in [6, 6.07) is 8.52. The van der Waals surface area contributed by atoms with Gasteiger partial charge in [-0.2, -0.15) is 0 Å². The molecule has 3 heterocycles. The van der Waals surface area contributed by atoms with Crippen molar-refractivity contribution in [1.82, 2.24) is 14.8 Å². The smallest absolute Gasteiger partial charge is 0.373 e. The molecule has 0 saturated carbocycles. The molecule has 1 N–H and O–H groups in total. The number of amides is 3. The van der Waals surface area contributed by atoms with E-state index in [-0.39, 0.29) is 29.4 Å². The van der Waals surface area contributed by atoms with Crippen molar-refractivity contribution in [3.63, 3.8) is 0 Å². The maximum atomic E-state index is 12.9. The maximum absolute atomic E-state index is 12.9. The average Bonchev–Trinajstić information content (AvgIpc) is 3.51. The molecule has 0 unspecified atom stereocenters. The van der Waals surface area contributed by atoms with Gasteiger partial charge in [-0.1, -0.05) is 0 Å². The minimum absolute atomic E-state index is 0.0317. The Labute approximate surface area is 204 Å². The van der Waals surface area contributed by atoms with Crippen LogP contribution in [0.15, 0.2) is 46.5 Å². The van der Waals surface area contributed by atoms with E-state index in [9.17, 15) is 24.5 Å². The lowest BCUT2D eigenvalue weighted by atomic mass is 10.2. The second kappa shape index (κ2) is 9.41. The number of aromatic nitrogens is 1. The summed E-state index contributed by atoms with van der Waals surface area (Å²) in [6.07, 6.45) is 1.51. The number of ether oxygens (including phenoxy) is 2. The molecule has 3 amide bonds. The Balaban J connectivity index is 1.64. The van der Waals surface area contributed by atoms with E-state index in [4.69, 9.17) is 9.15 Å². The third-order valence-electron chi connectivity index (χ3n) is 5.71. The van der Waals surface area contributed by atoms with Crippen molar-refractivity contribution in [2.45, 2.75) is 20.4 Å². The first kappa shape index (κ1) is 24.3. The Morgan fingerprint density at radius 1 is 1.17 bits per heavy atom. The number of rotatable bonds is 7. The highest BCUT2D eigenvalue weighted by Crippen LogP contribution is 2.32. The minimum Gasteiger partial charge on any atom is -0.496 e. The first-order chi connectivity index (χ1) is 17.1. The summed E-state index contributed by atoms with van der Waals surface area (Å²) in [7, 11) is 2.64. The van der Waals surface area contributed by atoms with Crippen LogP contribution in [0, 0.1) is 24.0 Å². The quantitative estimate of drug-likeness (QED) is 0.173. The minimum atomic E-state index is -0.675. The number of urea groups is 1. The summed E-state index contributed by atoms with van der Waals surface area (Å²) in [5, 5.41) is 14.2. The number of benzene rings is 1. The number of methoxy groups -OCH3 is 2. The Morgan fingerprint density at radius 3 is 2.58 bits per heavy atom. The molecule has 0 bridgehead atoms. The molecule has 0 aliphatic carbocycles. The van der Waals surface area contributed by atoms with Gasteiger partial charge in [-0.25, -0.2) is 9.59 Å². The summed E-state index contributed by atoms with van der Waals surface area (Å²) in [6.45, 7) is 3.35. The summed E-state index contributed by atoms with van der Waals surface area (Å²) in [5.74, 6) is -0.729. The van der Waals surface area contributed by atoms with E-state index in [0.29, 0.717) is 28.4 Å². The third kappa shape index (κ3) is 4.31. The van der Waals surface area contributed by atoms with Crippen LogP contribution in [0.25, 0.3) is 11.8 Å². The van der Waals surface area contributed by atoms with Crippen molar-refractivity contribution in [3.8, 4) is 11.4 Å². The van der Waals surface area contributed by atoms with Gasteiger partial charge >= 0.3 is 12.0 Å². The lowest BCUT2D eigenvalue weighted by Crippen LogP contribution is -2.30. The van der Waals surface area contributed by atoms with Gasteiger partial charge in [-0.05, 0) is 55.8 Å². The number of nitro groups is 1. The standard InChI is InChI=1S/C24H22N4O8/c1-13-9-15(14(2)27(13)19-7-5-16(34-3)11-20(19)28(32)33)10-18-22(29)26(24(31)25-18)12-17-6-8-21(36-17)23(30)35-4/h5-11H,12H2,1-4H3,(H,25,31)/b18-10-. The van der Waals surface area contributed by atoms with E-state index in [1.807, 2.05) is 0 Å². The number of nitrogens with zero attached hydrogens (tertiary/aromatic N) is 3. The van der Waals surface area contributed by atoms with Crippen LogP contribution < -0.4 is 10.1 Å². The molecular weight excluding hydrogens is 472 g/mol. The molecule has 36 heavy (non-hydrogen) atoms. The van der Waals surface area contributed by atoms with Crippen LogP contribution in [0.4, 0.5) is 10.5 Å². The molecule has 1 aromatic carbocycles. The van der Waals surface area contributed by atoms with Gasteiger partial charge in [-0.15, -0.1) is 0 Å². The number of nitrogens with one attached hydrogen (secondary N) is 1. The average molecular weight is 494 g/mol. The van der Waals surface area contributed by atoms with Crippen LogP contribution >= 0.6 is 0 Å². The van der Waals surface area contributed by atoms with Crippen molar-refractivity contribution in [2.24, 2.45) is 0 Å². The van der Waals surface area contributed by atoms with Gasteiger partial charge in [0.25, 0.3) is 11.6 Å². The highest BCUT2D eigenvalue weighted by Gasteiger charge is 2.35.